The first kappa shape index (κ1) is 21.7. The first-order chi connectivity index (χ1) is 15.2. The molecule has 0 unspecified atom stereocenters. The SMILES string of the molecule is CC1(C)c2ccccc2-c2cc(Br)ccc21.CC1(C)c2ccccc2-c2ccc(Br)cc21. The average Bonchev–Trinajstić information content (AvgIpc) is 3.14. The van der Waals surface area contributed by atoms with E-state index in [1.807, 2.05) is 0 Å². The van der Waals surface area contributed by atoms with Crippen LogP contribution in [-0.4, -0.2) is 0 Å². The van der Waals surface area contributed by atoms with Gasteiger partial charge in [0, 0.05) is 19.8 Å². The molecule has 0 fully saturated rings. The van der Waals surface area contributed by atoms with Gasteiger partial charge in [0.15, 0.2) is 0 Å². The van der Waals surface area contributed by atoms with E-state index in [2.05, 4.69) is 144 Å². The van der Waals surface area contributed by atoms with Crippen molar-refractivity contribution in [3.63, 3.8) is 0 Å². The Bertz CT molecular complexity index is 1340. The molecule has 2 aliphatic carbocycles. The summed E-state index contributed by atoms with van der Waals surface area (Å²) in [7, 11) is 0. The summed E-state index contributed by atoms with van der Waals surface area (Å²) in [4.78, 5) is 0. The molecule has 0 radical (unpaired) electrons. The lowest BCUT2D eigenvalue weighted by Gasteiger charge is -2.21. The molecular weight excluding hydrogens is 520 g/mol. The number of rotatable bonds is 0. The van der Waals surface area contributed by atoms with E-state index in [0.717, 1.165) is 8.95 Å². The third kappa shape index (κ3) is 3.31. The van der Waals surface area contributed by atoms with Crippen LogP contribution in [0.3, 0.4) is 0 Å². The van der Waals surface area contributed by atoms with Gasteiger partial charge in [-0.25, -0.2) is 0 Å². The second-order valence-corrected chi connectivity index (χ2v) is 11.6. The molecule has 0 atom stereocenters. The van der Waals surface area contributed by atoms with Gasteiger partial charge in [0.05, 0.1) is 0 Å². The summed E-state index contributed by atoms with van der Waals surface area (Å²) in [6.07, 6.45) is 0. The van der Waals surface area contributed by atoms with E-state index in [0.29, 0.717) is 0 Å². The molecule has 0 bridgehead atoms. The number of hydrogen-bond acceptors (Lipinski definition) is 0. The minimum atomic E-state index is 0.121. The van der Waals surface area contributed by atoms with Crippen molar-refractivity contribution >= 4 is 31.9 Å². The van der Waals surface area contributed by atoms with Gasteiger partial charge in [0.2, 0.25) is 0 Å². The van der Waals surface area contributed by atoms with Gasteiger partial charge in [-0.1, -0.05) is 120 Å². The Morgan fingerprint density at radius 2 is 0.875 bits per heavy atom. The second-order valence-electron chi connectivity index (χ2n) is 9.72. The third-order valence-corrected chi connectivity index (χ3v) is 8.08. The van der Waals surface area contributed by atoms with Gasteiger partial charge in [0.1, 0.15) is 0 Å². The zero-order chi connectivity index (χ0) is 22.7. The highest BCUT2D eigenvalue weighted by Gasteiger charge is 2.35. The Hall–Kier alpha value is -2.16. The lowest BCUT2D eigenvalue weighted by Crippen LogP contribution is -2.14. The summed E-state index contributed by atoms with van der Waals surface area (Å²) < 4.78 is 2.31. The summed E-state index contributed by atoms with van der Waals surface area (Å²) in [5, 5.41) is 0. The molecule has 2 heteroatoms. The molecule has 0 heterocycles. The molecule has 160 valence electrons. The molecule has 2 aliphatic rings. The zero-order valence-electron chi connectivity index (χ0n) is 18.8. The highest BCUT2D eigenvalue weighted by Crippen LogP contribution is 2.50. The van der Waals surface area contributed by atoms with Gasteiger partial charge < -0.3 is 0 Å². The van der Waals surface area contributed by atoms with Crippen molar-refractivity contribution in [1.82, 2.24) is 0 Å². The van der Waals surface area contributed by atoms with Crippen LogP contribution in [0.15, 0.2) is 93.9 Å². The average molecular weight is 546 g/mol. The highest BCUT2D eigenvalue weighted by atomic mass is 79.9. The van der Waals surface area contributed by atoms with Gasteiger partial charge >= 0.3 is 0 Å². The van der Waals surface area contributed by atoms with E-state index >= 15 is 0 Å². The van der Waals surface area contributed by atoms with Crippen LogP contribution in [0.25, 0.3) is 22.3 Å². The molecule has 6 rings (SSSR count). The first-order valence-corrected chi connectivity index (χ1v) is 12.6. The number of halogens is 2. The number of hydrogen-bond donors (Lipinski definition) is 0. The minimum Gasteiger partial charge on any atom is -0.0619 e. The van der Waals surface area contributed by atoms with Crippen molar-refractivity contribution in [2.75, 3.05) is 0 Å². The van der Waals surface area contributed by atoms with Crippen LogP contribution in [0.2, 0.25) is 0 Å². The smallest absolute Gasteiger partial charge is 0.0181 e. The van der Waals surface area contributed by atoms with Crippen LogP contribution in [0.5, 0.6) is 0 Å². The lowest BCUT2D eigenvalue weighted by molar-refractivity contribution is 0.660. The van der Waals surface area contributed by atoms with Crippen molar-refractivity contribution < 1.29 is 0 Å². The molecule has 0 spiro atoms. The fraction of sp³-hybridized carbons (Fsp3) is 0.200. The Labute approximate surface area is 208 Å². The van der Waals surface area contributed by atoms with E-state index in [1.165, 1.54) is 44.5 Å². The molecular formula is C30H26Br2. The Balaban J connectivity index is 0.000000135. The normalized spacial score (nSPS) is 15.7. The molecule has 0 saturated heterocycles. The molecule has 4 aromatic rings. The minimum absolute atomic E-state index is 0.121. The Morgan fingerprint density at radius 3 is 1.53 bits per heavy atom. The maximum absolute atomic E-state index is 3.56. The predicted molar refractivity (Wildman–Crippen MR) is 143 cm³/mol. The summed E-state index contributed by atoms with van der Waals surface area (Å²) in [5.74, 6) is 0. The number of fused-ring (bicyclic) bond motifs is 6. The van der Waals surface area contributed by atoms with Crippen molar-refractivity contribution in [1.29, 1.82) is 0 Å². The van der Waals surface area contributed by atoms with Crippen molar-refractivity contribution in [2.45, 2.75) is 38.5 Å². The summed E-state index contributed by atoms with van der Waals surface area (Å²) in [6, 6.07) is 30.6. The molecule has 32 heavy (non-hydrogen) atoms. The first-order valence-electron chi connectivity index (χ1n) is 11.0. The Morgan fingerprint density at radius 1 is 0.438 bits per heavy atom. The van der Waals surface area contributed by atoms with Gasteiger partial charge in [-0.2, -0.15) is 0 Å². The maximum atomic E-state index is 3.56. The van der Waals surface area contributed by atoms with Gasteiger partial charge in [-0.15, -0.1) is 0 Å². The van der Waals surface area contributed by atoms with Gasteiger partial charge in [0.25, 0.3) is 0 Å². The van der Waals surface area contributed by atoms with Gasteiger partial charge in [-0.3, -0.25) is 0 Å². The topological polar surface area (TPSA) is 0 Å². The van der Waals surface area contributed by atoms with Crippen molar-refractivity contribution in [3.8, 4) is 22.3 Å². The monoisotopic (exact) mass is 544 g/mol. The zero-order valence-corrected chi connectivity index (χ0v) is 22.0. The lowest BCUT2D eigenvalue weighted by atomic mass is 9.82. The van der Waals surface area contributed by atoms with Crippen LogP contribution in [0, 0.1) is 0 Å². The fourth-order valence-electron chi connectivity index (χ4n) is 5.37. The van der Waals surface area contributed by atoms with Crippen molar-refractivity contribution in [3.05, 3.63) is 116 Å². The molecule has 0 saturated carbocycles. The van der Waals surface area contributed by atoms with Crippen molar-refractivity contribution in [2.24, 2.45) is 0 Å². The fourth-order valence-corrected chi connectivity index (χ4v) is 6.09. The standard InChI is InChI=1S/2C15H13Br/c1-15(2)13-6-4-3-5-11(13)12-9-10(16)7-8-14(12)15;1-15(2)13-6-4-3-5-11(13)12-8-7-10(16)9-14(12)15/h2*3-9H,1-2H3. The van der Waals surface area contributed by atoms with E-state index in [9.17, 15) is 0 Å². The van der Waals surface area contributed by atoms with E-state index in [1.54, 1.807) is 0 Å². The molecule has 4 aromatic carbocycles. The van der Waals surface area contributed by atoms with E-state index in [-0.39, 0.29) is 10.8 Å². The molecule has 0 aromatic heterocycles. The van der Waals surface area contributed by atoms with E-state index in [4.69, 9.17) is 0 Å². The Kier molecular flexibility index (Phi) is 5.22. The third-order valence-electron chi connectivity index (χ3n) is 7.09. The highest BCUT2D eigenvalue weighted by molar-refractivity contribution is 9.10. The van der Waals surface area contributed by atoms with Crippen LogP contribution >= 0.6 is 31.9 Å². The molecule has 0 N–H and O–H groups in total. The van der Waals surface area contributed by atoms with Crippen LogP contribution < -0.4 is 0 Å². The number of benzene rings is 4. The second kappa shape index (κ2) is 7.71. The molecule has 0 aliphatic heterocycles. The molecule has 0 amide bonds. The summed E-state index contributed by atoms with van der Waals surface area (Å²) in [5.41, 5.74) is 11.5. The largest absolute Gasteiger partial charge is 0.0619 e. The quantitative estimate of drug-likeness (QED) is 0.206. The summed E-state index contributed by atoms with van der Waals surface area (Å²) >= 11 is 7.12. The van der Waals surface area contributed by atoms with Gasteiger partial charge in [-0.05, 0) is 68.8 Å². The van der Waals surface area contributed by atoms with Crippen LogP contribution in [-0.2, 0) is 10.8 Å². The molecule has 0 nitrogen and oxygen atoms in total. The van der Waals surface area contributed by atoms with E-state index < -0.39 is 0 Å². The summed E-state index contributed by atoms with van der Waals surface area (Å²) in [6.45, 7) is 9.19. The van der Waals surface area contributed by atoms with Crippen LogP contribution in [0.4, 0.5) is 0 Å². The predicted octanol–water partition coefficient (Wildman–Crippen LogP) is 9.51. The van der Waals surface area contributed by atoms with Crippen LogP contribution in [0.1, 0.15) is 49.9 Å². The maximum Gasteiger partial charge on any atom is 0.0181 e.